The van der Waals surface area contributed by atoms with Crippen molar-refractivity contribution in [2.24, 2.45) is 41.1 Å². The molecule has 1 aromatic carbocycles. The fraction of sp³-hybridized carbons (Fsp3) is 0.677. The number of aliphatic hydroxyl groups is 4. The highest BCUT2D eigenvalue weighted by Crippen LogP contribution is 2.25. The molecule has 15 atom stereocenters. The lowest BCUT2D eigenvalue weighted by Gasteiger charge is -2.34. The van der Waals surface area contributed by atoms with E-state index in [-0.39, 0.29) is 44.2 Å². The minimum absolute atomic E-state index is 0.000409. The molecule has 96 heavy (non-hydrogen) atoms. The summed E-state index contributed by atoms with van der Waals surface area (Å²) < 4.78 is 11.3. The van der Waals surface area contributed by atoms with Crippen molar-refractivity contribution < 1.29 is 92.2 Å². The maximum atomic E-state index is 15.5. The quantitative estimate of drug-likeness (QED) is 0.0215. The Bertz CT molecular complexity index is 2860. The molecule has 0 aliphatic carbocycles. The number of nitrogens with two attached hydrogens (primary N) is 2. The van der Waals surface area contributed by atoms with Crippen LogP contribution in [0.4, 0.5) is 4.79 Å². The Kier molecular flexibility index (Phi) is 34.1. The summed E-state index contributed by atoms with van der Waals surface area (Å²) >= 11 is 0. The first-order valence-corrected chi connectivity index (χ1v) is 31.9. The predicted octanol–water partition coefficient (Wildman–Crippen LogP) is -4.05. The second-order valence-electron chi connectivity index (χ2n) is 26.2. The Morgan fingerprint density at radius 3 is 1.74 bits per heavy atom. The van der Waals surface area contributed by atoms with Crippen LogP contribution in [0.1, 0.15) is 141 Å². The molecule has 0 aromatic heterocycles. The normalized spacial score (nSPS) is 24.0. The number of amides is 12. The Labute approximate surface area is 558 Å². The molecule has 1 fully saturated rings. The van der Waals surface area contributed by atoms with Crippen LogP contribution >= 0.6 is 0 Å². The smallest absolute Gasteiger partial charge is 0.408 e. The zero-order valence-electron chi connectivity index (χ0n) is 57.1. The van der Waals surface area contributed by atoms with E-state index in [4.69, 9.17) is 26.4 Å². The topological polar surface area (TPSA) is 542 Å². The third-order valence-electron chi connectivity index (χ3n) is 15.0. The number of aliphatic hydroxyl groups excluding tert-OH is 4. The number of nitrogens with one attached hydrogen (secondary N) is 13. The van der Waals surface area contributed by atoms with Gasteiger partial charge in [-0.05, 0) is 88.5 Å². The summed E-state index contributed by atoms with van der Waals surface area (Å²) in [6.45, 7) is 19.5. The summed E-state index contributed by atoms with van der Waals surface area (Å²) in [6.07, 6.45) is -9.51. The number of hydrogen-bond donors (Lipinski definition) is 19. The monoisotopic (exact) mass is 1360 g/mol. The van der Waals surface area contributed by atoms with Gasteiger partial charge in [0.25, 0.3) is 0 Å². The van der Waals surface area contributed by atoms with Crippen molar-refractivity contribution in [2.75, 3.05) is 19.7 Å². The van der Waals surface area contributed by atoms with Gasteiger partial charge in [0.2, 0.25) is 65.0 Å². The summed E-state index contributed by atoms with van der Waals surface area (Å²) in [6, 6.07) is -11.5. The molecule has 0 saturated carbocycles. The van der Waals surface area contributed by atoms with Crippen molar-refractivity contribution in [3.63, 3.8) is 0 Å². The number of hydrogen-bond acceptors (Lipinski definition) is 20. The standard InChI is InChI=1S/C62H103N15O19/c1-15-32(10)41-55(89)74-42(33(11)79)53(87)67-26-39(80)72-44(47(82)49(63)83)57(91)71-38(27-78)59(93)95-48(34-20-17-16-18-21-34)45(76-52(86)37(25-29(4)5)69-54(88)40(30(6)7)77-61(94)96-62(12,13)14)58(92)75-43(46(81)31(8)9)56(90)70-36(24-28(2)3)51(85)68-35(50(84)73-41)22-19-23-66-60(64)65/h16-18,20-21,28-33,35-38,40-48,78-79,81-82H,15,19,22-27H2,1-14H3,(H2,63,83)(H,67,87)(H,68,85)(H,69,88)(H,70,90)(H,71,91)(H,72,80)(H,73,84)(H,74,89)(H,75,92)(H,76,86)(H,77,94)(H4,64,65,66)/t32-,33-,35+,36-,37-,38-,40+,41?,42?,43-,44-,45-,46+,47-,48+/m0/s1. The van der Waals surface area contributed by atoms with E-state index in [1.807, 2.05) is 10.6 Å². The van der Waals surface area contributed by atoms with E-state index >= 15 is 9.59 Å². The highest BCUT2D eigenvalue weighted by Gasteiger charge is 2.44. The van der Waals surface area contributed by atoms with Gasteiger partial charge in [-0.3, -0.25) is 58.1 Å². The Hall–Kier alpha value is -8.76. The van der Waals surface area contributed by atoms with E-state index < -0.39 is 216 Å². The van der Waals surface area contributed by atoms with E-state index in [0.717, 1.165) is 6.92 Å². The van der Waals surface area contributed by atoms with Crippen LogP contribution in [0, 0.1) is 35.0 Å². The second-order valence-corrected chi connectivity index (χ2v) is 26.2. The molecule has 1 aliphatic heterocycles. The number of rotatable bonds is 23. The van der Waals surface area contributed by atoms with Gasteiger partial charge in [0.1, 0.15) is 60.0 Å². The van der Waals surface area contributed by atoms with Crippen LogP contribution in [-0.4, -0.2) is 207 Å². The van der Waals surface area contributed by atoms with Crippen LogP contribution in [0.2, 0.25) is 0 Å². The van der Waals surface area contributed by atoms with Crippen LogP contribution in [0.5, 0.6) is 0 Å². The van der Waals surface area contributed by atoms with Crippen molar-refractivity contribution in [1.29, 1.82) is 5.41 Å². The summed E-state index contributed by atoms with van der Waals surface area (Å²) in [5, 5.41) is 80.9. The second kappa shape index (κ2) is 39.3. The Morgan fingerprint density at radius 2 is 1.22 bits per heavy atom. The summed E-state index contributed by atoms with van der Waals surface area (Å²) in [4.78, 5) is 185. The number of primary amides is 1. The third-order valence-corrected chi connectivity index (χ3v) is 15.0. The number of benzene rings is 1. The molecule has 0 radical (unpaired) electrons. The maximum absolute atomic E-state index is 15.5. The SMILES string of the molecule is CC[C@H](C)C1NC(=O)[C@@H](CCCNC(=N)N)NC(=O)[C@H](CC(C)C)NC(=O)[C@H]([C@H](O)C(C)C)NC(=O)[C@@H](NC(=O)[C@H](CC(C)C)NC(=O)[C@H](NC(=O)OC(C)(C)C)C(C)C)[C@@H](c2ccccc2)OC(=O)[C@H](CO)NC(=O)[C@H]([C@H](O)C(N)=O)NC(=O)CNC(=O)C([C@H](C)O)NC1=O. The fourth-order valence-electron chi connectivity index (χ4n) is 9.61. The molecular weight excluding hydrogens is 1260 g/mol. The number of esters is 1. The van der Waals surface area contributed by atoms with Crippen molar-refractivity contribution in [2.45, 2.75) is 219 Å². The molecule has 2 rings (SSSR count). The first-order valence-electron chi connectivity index (χ1n) is 31.9. The zero-order chi connectivity index (χ0) is 73.2. The van der Waals surface area contributed by atoms with Gasteiger partial charge < -0.3 is 105 Å². The highest BCUT2D eigenvalue weighted by atomic mass is 16.6. The predicted molar refractivity (Wildman–Crippen MR) is 346 cm³/mol. The number of cyclic esters (lactones) is 1. The largest absolute Gasteiger partial charge is 0.453 e. The van der Waals surface area contributed by atoms with Crippen LogP contribution in [0.25, 0.3) is 0 Å². The van der Waals surface area contributed by atoms with Gasteiger partial charge in [-0.25, -0.2) is 9.59 Å². The van der Waals surface area contributed by atoms with Crippen LogP contribution in [0.15, 0.2) is 30.3 Å². The molecule has 21 N–H and O–H groups in total. The lowest BCUT2D eigenvalue weighted by Crippen LogP contribution is -2.64. The van der Waals surface area contributed by atoms with E-state index in [2.05, 4.69) is 53.2 Å². The van der Waals surface area contributed by atoms with E-state index in [9.17, 15) is 73.2 Å². The highest BCUT2D eigenvalue weighted by molar-refractivity contribution is 6.00. The number of carbonyl (C=O) groups is 13. The van der Waals surface area contributed by atoms with E-state index in [1.165, 1.54) is 44.2 Å². The van der Waals surface area contributed by atoms with Gasteiger partial charge in [0, 0.05) is 6.54 Å². The Morgan fingerprint density at radius 1 is 0.667 bits per heavy atom. The molecule has 2 unspecified atom stereocenters. The molecule has 1 saturated heterocycles. The molecule has 540 valence electrons. The first-order chi connectivity index (χ1) is 44.6. The molecule has 1 aromatic rings. The van der Waals surface area contributed by atoms with E-state index in [1.54, 1.807) is 76.2 Å². The van der Waals surface area contributed by atoms with Crippen molar-refractivity contribution in [1.82, 2.24) is 63.8 Å². The van der Waals surface area contributed by atoms with Gasteiger partial charge in [0.15, 0.2) is 24.2 Å². The van der Waals surface area contributed by atoms with Gasteiger partial charge in [-0.1, -0.05) is 106 Å². The minimum Gasteiger partial charge on any atom is -0.453 e. The van der Waals surface area contributed by atoms with Crippen LogP contribution in [0.3, 0.4) is 0 Å². The summed E-state index contributed by atoms with van der Waals surface area (Å²) in [5.41, 5.74) is 9.75. The summed E-state index contributed by atoms with van der Waals surface area (Å²) in [5.74, 6) is -18.5. The molecule has 12 amide bonds. The number of ether oxygens (including phenoxy) is 2. The first kappa shape index (κ1) is 83.3. The van der Waals surface area contributed by atoms with E-state index in [0.29, 0.717) is 0 Å². The van der Waals surface area contributed by atoms with Gasteiger partial charge in [0.05, 0.1) is 25.4 Å². The molecule has 1 heterocycles. The average Bonchev–Trinajstić information content (AvgIpc) is 0.825. The van der Waals surface area contributed by atoms with Crippen molar-refractivity contribution >= 4 is 83.0 Å². The number of alkyl carbamates (subject to hydrolysis) is 1. The molecule has 0 spiro atoms. The van der Waals surface area contributed by atoms with Crippen molar-refractivity contribution in [3.05, 3.63) is 35.9 Å². The molecule has 34 nitrogen and oxygen atoms in total. The molecule has 1 aliphatic rings. The average molecular weight is 1360 g/mol. The molecule has 34 heteroatoms. The third kappa shape index (κ3) is 27.5. The summed E-state index contributed by atoms with van der Waals surface area (Å²) in [7, 11) is 0. The lowest BCUT2D eigenvalue weighted by atomic mass is 9.95. The van der Waals surface area contributed by atoms with Crippen LogP contribution < -0.4 is 75.3 Å². The van der Waals surface area contributed by atoms with Gasteiger partial charge >= 0.3 is 12.1 Å². The fourth-order valence-corrected chi connectivity index (χ4v) is 9.61. The lowest BCUT2D eigenvalue weighted by molar-refractivity contribution is -0.159. The van der Waals surface area contributed by atoms with Gasteiger partial charge in [-0.15, -0.1) is 0 Å². The zero-order valence-corrected chi connectivity index (χ0v) is 57.1. The minimum atomic E-state index is -2.60. The van der Waals surface area contributed by atoms with Crippen molar-refractivity contribution in [3.8, 4) is 0 Å². The van der Waals surface area contributed by atoms with Crippen LogP contribution in [-0.2, 0) is 67.0 Å². The Balaban J connectivity index is 3.16. The number of guanidine groups is 1. The molecule has 0 bridgehead atoms. The van der Waals surface area contributed by atoms with Gasteiger partial charge in [-0.2, -0.15) is 0 Å². The molecular formula is C62H103N15O19. The maximum Gasteiger partial charge on any atom is 0.408 e. The number of carbonyl (C=O) groups excluding carboxylic acids is 13.